The molecular formula is C18H16O2. The van der Waals surface area contributed by atoms with Gasteiger partial charge in [0.25, 0.3) is 0 Å². The maximum absolute atomic E-state index is 10.6. The van der Waals surface area contributed by atoms with E-state index in [1.165, 1.54) is 0 Å². The summed E-state index contributed by atoms with van der Waals surface area (Å²) >= 11 is 0. The lowest BCUT2D eigenvalue weighted by molar-refractivity contribution is 0.448. The highest BCUT2D eigenvalue weighted by Crippen LogP contribution is 2.28. The van der Waals surface area contributed by atoms with Gasteiger partial charge in [0.05, 0.1) is 0 Å². The number of hydrogen-bond donors (Lipinski definition) is 1. The predicted molar refractivity (Wildman–Crippen MR) is 81.9 cm³/mol. The van der Waals surface area contributed by atoms with Gasteiger partial charge in [-0.25, -0.2) is 0 Å². The number of benzene rings is 2. The monoisotopic (exact) mass is 264 g/mol. The van der Waals surface area contributed by atoms with Crippen molar-refractivity contribution in [3.63, 3.8) is 0 Å². The number of aliphatic hydroxyl groups is 1. The van der Waals surface area contributed by atoms with E-state index in [0.29, 0.717) is 5.76 Å². The summed E-state index contributed by atoms with van der Waals surface area (Å²) in [4.78, 5) is 0. The zero-order valence-electron chi connectivity index (χ0n) is 11.6. The van der Waals surface area contributed by atoms with E-state index in [1.807, 2.05) is 68.5 Å². The van der Waals surface area contributed by atoms with Crippen molar-refractivity contribution >= 4 is 22.6 Å². The van der Waals surface area contributed by atoms with Crippen LogP contribution in [0.4, 0.5) is 0 Å². The fourth-order valence-electron chi connectivity index (χ4n) is 2.51. The first-order valence-corrected chi connectivity index (χ1v) is 6.65. The Morgan fingerprint density at radius 2 is 1.65 bits per heavy atom. The number of fused-ring (bicyclic) bond motifs is 1. The molecular weight excluding hydrogens is 248 g/mol. The van der Waals surface area contributed by atoms with Gasteiger partial charge in [0, 0.05) is 16.0 Å². The van der Waals surface area contributed by atoms with Gasteiger partial charge < -0.3 is 9.52 Å². The fourth-order valence-corrected chi connectivity index (χ4v) is 2.51. The van der Waals surface area contributed by atoms with Crippen molar-refractivity contribution in [2.75, 3.05) is 0 Å². The molecule has 1 heterocycles. The SMILES string of the molecule is C/C=c1\cccc\c1=C(\O)c1oc(C)c2ccccc12. The Morgan fingerprint density at radius 3 is 2.40 bits per heavy atom. The third kappa shape index (κ3) is 1.90. The van der Waals surface area contributed by atoms with Gasteiger partial charge in [-0.05, 0) is 19.1 Å². The molecule has 0 aliphatic rings. The van der Waals surface area contributed by atoms with Gasteiger partial charge in [-0.3, -0.25) is 0 Å². The minimum Gasteiger partial charge on any atom is -0.504 e. The topological polar surface area (TPSA) is 33.4 Å². The molecule has 0 unspecified atom stereocenters. The van der Waals surface area contributed by atoms with E-state index in [9.17, 15) is 5.11 Å². The molecule has 3 rings (SSSR count). The van der Waals surface area contributed by atoms with E-state index in [2.05, 4.69) is 0 Å². The van der Waals surface area contributed by atoms with Crippen LogP contribution in [0, 0.1) is 6.92 Å². The highest BCUT2D eigenvalue weighted by molar-refractivity contribution is 5.92. The van der Waals surface area contributed by atoms with E-state index >= 15 is 0 Å². The summed E-state index contributed by atoms with van der Waals surface area (Å²) in [7, 11) is 0. The lowest BCUT2D eigenvalue weighted by Crippen LogP contribution is -2.26. The summed E-state index contributed by atoms with van der Waals surface area (Å²) in [5, 5.41) is 14.4. The first-order valence-electron chi connectivity index (χ1n) is 6.65. The standard InChI is InChI=1S/C18H16O2/c1-3-13-8-4-5-10-15(13)17(19)18-16-11-7-6-9-14(16)12(2)20-18/h3-11,19H,1-2H3/b13-3+,17-15-. The smallest absolute Gasteiger partial charge is 0.177 e. The van der Waals surface area contributed by atoms with Gasteiger partial charge >= 0.3 is 0 Å². The summed E-state index contributed by atoms with van der Waals surface area (Å²) in [5.41, 5.74) is 0. The van der Waals surface area contributed by atoms with Gasteiger partial charge in [0.15, 0.2) is 11.5 Å². The molecule has 0 radical (unpaired) electrons. The van der Waals surface area contributed by atoms with Crippen LogP contribution in [0.5, 0.6) is 0 Å². The molecule has 0 atom stereocenters. The maximum Gasteiger partial charge on any atom is 0.177 e. The lowest BCUT2D eigenvalue weighted by atomic mass is 10.1. The Kier molecular flexibility index (Phi) is 3.07. The van der Waals surface area contributed by atoms with Gasteiger partial charge in [-0.15, -0.1) is 0 Å². The van der Waals surface area contributed by atoms with E-state index in [1.54, 1.807) is 0 Å². The van der Waals surface area contributed by atoms with Crippen LogP contribution in [-0.2, 0) is 0 Å². The molecule has 0 bridgehead atoms. The minimum atomic E-state index is 0.183. The van der Waals surface area contributed by atoms with Crippen molar-refractivity contribution in [2.24, 2.45) is 0 Å². The number of aliphatic hydroxyl groups excluding tert-OH is 1. The van der Waals surface area contributed by atoms with Crippen LogP contribution in [0.3, 0.4) is 0 Å². The summed E-state index contributed by atoms with van der Waals surface area (Å²) in [6.07, 6.45) is 1.98. The summed E-state index contributed by atoms with van der Waals surface area (Å²) in [5.74, 6) is 1.54. The number of aryl methyl sites for hydroxylation is 1. The van der Waals surface area contributed by atoms with Crippen molar-refractivity contribution in [1.82, 2.24) is 0 Å². The first kappa shape index (κ1) is 12.5. The molecule has 3 aromatic rings. The van der Waals surface area contributed by atoms with Crippen LogP contribution >= 0.6 is 0 Å². The minimum absolute atomic E-state index is 0.183. The molecule has 0 aliphatic heterocycles. The molecule has 0 saturated carbocycles. The number of hydrogen-bond acceptors (Lipinski definition) is 2. The third-order valence-electron chi connectivity index (χ3n) is 3.55. The Labute approximate surface area is 117 Å². The first-order chi connectivity index (χ1) is 9.72. The Morgan fingerprint density at radius 1 is 1.00 bits per heavy atom. The average Bonchev–Trinajstić information content (AvgIpc) is 2.84. The normalized spacial score (nSPS) is 13.8. The fraction of sp³-hybridized carbons (Fsp3) is 0.111. The third-order valence-corrected chi connectivity index (χ3v) is 3.55. The Bertz CT molecular complexity index is 885. The molecule has 0 amide bonds. The van der Waals surface area contributed by atoms with Gasteiger partial charge in [-0.2, -0.15) is 0 Å². The van der Waals surface area contributed by atoms with Gasteiger partial charge in [0.1, 0.15) is 5.76 Å². The van der Waals surface area contributed by atoms with Crippen LogP contribution in [0.25, 0.3) is 22.6 Å². The van der Waals surface area contributed by atoms with Crippen molar-refractivity contribution < 1.29 is 9.52 Å². The largest absolute Gasteiger partial charge is 0.504 e. The van der Waals surface area contributed by atoms with Crippen LogP contribution in [0.2, 0.25) is 0 Å². The molecule has 1 aromatic heterocycles. The predicted octanol–water partition coefficient (Wildman–Crippen LogP) is 3.26. The van der Waals surface area contributed by atoms with Crippen molar-refractivity contribution in [3.8, 4) is 0 Å². The number of furan rings is 1. The van der Waals surface area contributed by atoms with E-state index < -0.39 is 0 Å². The quantitative estimate of drug-likeness (QED) is 0.732. The Hall–Kier alpha value is -2.48. The van der Waals surface area contributed by atoms with E-state index in [4.69, 9.17) is 4.42 Å². The van der Waals surface area contributed by atoms with Crippen molar-refractivity contribution in [3.05, 3.63) is 70.5 Å². The second kappa shape index (κ2) is 4.89. The van der Waals surface area contributed by atoms with Crippen LogP contribution in [0.15, 0.2) is 52.9 Å². The summed E-state index contributed by atoms with van der Waals surface area (Å²) < 4.78 is 5.78. The molecule has 100 valence electrons. The van der Waals surface area contributed by atoms with E-state index in [0.717, 1.165) is 27.0 Å². The van der Waals surface area contributed by atoms with Crippen LogP contribution < -0.4 is 10.4 Å². The maximum atomic E-state index is 10.6. The van der Waals surface area contributed by atoms with Crippen molar-refractivity contribution in [1.29, 1.82) is 0 Å². The molecule has 2 nitrogen and oxygen atoms in total. The van der Waals surface area contributed by atoms with Crippen molar-refractivity contribution in [2.45, 2.75) is 13.8 Å². The van der Waals surface area contributed by atoms with E-state index in [-0.39, 0.29) is 5.76 Å². The van der Waals surface area contributed by atoms with Gasteiger partial charge in [-0.1, -0.05) is 54.6 Å². The zero-order chi connectivity index (χ0) is 14.1. The molecule has 2 heteroatoms. The molecule has 1 N–H and O–H groups in total. The molecule has 0 saturated heterocycles. The summed E-state index contributed by atoms with van der Waals surface area (Å²) in [6, 6.07) is 15.6. The molecule has 2 aromatic carbocycles. The highest BCUT2D eigenvalue weighted by atomic mass is 16.4. The lowest BCUT2D eigenvalue weighted by Gasteiger charge is -1.98. The molecule has 0 fully saturated rings. The second-order valence-electron chi connectivity index (χ2n) is 4.76. The zero-order valence-corrected chi connectivity index (χ0v) is 11.6. The number of rotatable bonds is 1. The molecule has 0 aliphatic carbocycles. The highest BCUT2D eigenvalue weighted by Gasteiger charge is 2.13. The van der Waals surface area contributed by atoms with Gasteiger partial charge in [0.2, 0.25) is 0 Å². The Balaban J connectivity index is 2.42. The molecule has 20 heavy (non-hydrogen) atoms. The average molecular weight is 264 g/mol. The van der Waals surface area contributed by atoms with Crippen LogP contribution in [0.1, 0.15) is 18.4 Å². The van der Waals surface area contributed by atoms with Crippen LogP contribution in [-0.4, -0.2) is 5.11 Å². The summed E-state index contributed by atoms with van der Waals surface area (Å²) in [6.45, 7) is 3.87. The molecule has 0 spiro atoms. The second-order valence-corrected chi connectivity index (χ2v) is 4.76.